The highest BCUT2D eigenvalue weighted by atomic mass is 16.2. The van der Waals surface area contributed by atoms with E-state index in [-0.39, 0.29) is 11.3 Å². The fourth-order valence-corrected chi connectivity index (χ4v) is 3.39. The lowest BCUT2D eigenvalue weighted by molar-refractivity contribution is -0.136. The van der Waals surface area contributed by atoms with E-state index in [0.29, 0.717) is 13.0 Å². The van der Waals surface area contributed by atoms with E-state index >= 15 is 0 Å². The van der Waals surface area contributed by atoms with Crippen molar-refractivity contribution in [3.8, 4) is 0 Å². The third kappa shape index (κ3) is 2.55. The zero-order chi connectivity index (χ0) is 16.6. The normalized spacial score (nSPS) is 16.0. The Hall–Kier alpha value is -2.70. The molecule has 0 radical (unpaired) electrons. The van der Waals surface area contributed by atoms with E-state index in [1.807, 2.05) is 35.9 Å². The molecule has 3 heterocycles. The number of hydrogen-bond donors (Lipinski definition) is 2. The number of nitrogens with zero attached hydrogens (tertiary/aromatic N) is 4. The smallest absolute Gasteiger partial charge is 0.226 e. The second-order valence-corrected chi connectivity index (χ2v) is 6.61. The number of nitrogens with one attached hydrogen (secondary N) is 2. The molecule has 124 valence electrons. The Balaban J connectivity index is 1.46. The zero-order valence-electron chi connectivity index (χ0n) is 13.6. The molecule has 0 unspecified atom stereocenters. The summed E-state index contributed by atoms with van der Waals surface area (Å²) in [7, 11) is 0. The number of fused-ring (bicyclic) bond motifs is 1. The van der Waals surface area contributed by atoms with E-state index in [2.05, 4.69) is 25.7 Å². The van der Waals surface area contributed by atoms with Crippen LogP contribution in [-0.2, 0) is 17.8 Å². The van der Waals surface area contributed by atoms with Gasteiger partial charge in [-0.1, -0.05) is 12.5 Å². The van der Waals surface area contributed by atoms with Gasteiger partial charge in [-0.25, -0.2) is 4.98 Å². The number of carbonyl (C=O) groups excluding carboxylic acids is 1. The fourth-order valence-electron chi connectivity index (χ4n) is 3.39. The number of aryl methyl sites for hydroxylation is 1. The van der Waals surface area contributed by atoms with Gasteiger partial charge in [0.05, 0.1) is 29.5 Å². The number of amides is 1. The molecule has 1 fully saturated rings. The van der Waals surface area contributed by atoms with Crippen molar-refractivity contribution in [2.24, 2.45) is 5.41 Å². The van der Waals surface area contributed by atoms with Gasteiger partial charge in [-0.05, 0) is 31.4 Å². The molecular formula is C17H20N6O. The maximum absolute atomic E-state index is 12.7. The lowest BCUT2D eigenvalue weighted by Crippen LogP contribution is -2.47. The molecule has 0 spiro atoms. The second-order valence-electron chi connectivity index (χ2n) is 6.61. The van der Waals surface area contributed by atoms with Gasteiger partial charge in [0.2, 0.25) is 5.91 Å². The first-order valence-corrected chi connectivity index (χ1v) is 8.22. The van der Waals surface area contributed by atoms with Gasteiger partial charge in [-0.2, -0.15) is 15.4 Å². The Kier molecular flexibility index (Phi) is 3.55. The van der Waals surface area contributed by atoms with E-state index in [1.54, 1.807) is 6.20 Å². The quantitative estimate of drug-likeness (QED) is 0.749. The highest BCUT2D eigenvalue weighted by molar-refractivity contribution is 5.83. The summed E-state index contributed by atoms with van der Waals surface area (Å²) < 4.78 is 1.99. The van der Waals surface area contributed by atoms with Gasteiger partial charge in [-0.3, -0.25) is 4.79 Å². The third-order valence-electron chi connectivity index (χ3n) is 4.93. The predicted molar refractivity (Wildman–Crippen MR) is 88.1 cm³/mol. The van der Waals surface area contributed by atoms with Gasteiger partial charge < -0.3 is 9.72 Å². The van der Waals surface area contributed by atoms with Crippen molar-refractivity contribution in [2.75, 3.05) is 0 Å². The Labute approximate surface area is 139 Å². The lowest BCUT2D eigenvalue weighted by Gasteiger charge is -2.39. The Morgan fingerprint density at radius 1 is 1.42 bits per heavy atom. The number of hydrogen-bond acceptors (Lipinski definition) is 4. The van der Waals surface area contributed by atoms with Crippen molar-refractivity contribution in [1.29, 1.82) is 0 Å². The molecule has 0 atom stereocenters. The highest BCUT2D eigenvalue weighted by Crippen LogP contribution is 2.43. The van der Waals surface area contributed by atoms with Crippen molar-refractivity contribution in [1.82, 2.24) is 30.1 Å². The first-order valence-electron chi connectivity index (χ1n) is 8.22. The van der Waals surface area contributed by atoms with E-state index in [0.717, 1.165) is 41.9 Å². The molecule has 1 aliphatic rings. The predicted octanol–water partition coefficient (Wildman–Crippen LogP) is 1.79. The number of carbonyl (C=O) groups is 1. The molecule has 0 bridgehead atoms. The van der Waals surface area contributed by atoms with Gasteiger partial charge in [0.1, 0.15) is 5.65 Å². The molecule has 1 amide bonds. The number of pyridine rings is 1. The summed E-state index contributed by atoms with van der Waals surface area (Å²) in [6.45, 7) is 2.48. The monoisotopic (exact) mass is 324 g/mol. The summed E-state index contributed by atoms with van der Waals surface area (Å²) >= 11 is 0. The fraction of sp³-hybridized carbons (Fsp3) is 0.412. The second kappa shape index (κ2) is 5.74. The van der Waals surface area contributed by atoms with Crippen LogP contribution in [0.2, 0.25) is 0 Å². The van der Waals surface area contributed by atoms with Crippen molar-refractivity contribution in [3.05, 3.63) is 47.7 Å². The first-order chi connectivity index (χ1) is 11.7. The molecule has 1 aliphatic carbocycles. The van der Waals surface area contributed by atoms with E-state index in [9.17, 15) is 4.79 Å². The number of aromatic nitrogens is 5. The Bertz CT molecular complexity index is 862. The van der Waals surface area contributed by atoms with Crippen LogP contribution >= 0.6 is 0 Å². The summed E-state index contributed by atoms with van der Waals surface area (Å²) in [5.74, 6) is 0.0885. The van der Waals surface area contributed by atoms with Gasteiger partial charge >= 0.3 is 0 Å². The largest absolute Gasteiger partial charge is 0.350 e. The van der Waals surface area contributed by atoms with Crippen LogP contribution in [-0.4, -0.2) is 30.7 Å². The molecule has 0 aromatic carbocycles. The molecule has 3 aromatic heterocycles. The Morgan fingerprint density at radius 3 is 2.96 bits per heavy atom. The van der Waals surface area contributed by atoms with E-state index < -0.39 is 0 Å². The molecule has 2 N–H and O–H groups in total. The minimum absolute atomic E-state index is 0.0885. The molecule has 3 aromatic rings. The average molecular weight is 324 g/mol. The molecule has 24 heavy (non-hydrogen) atoms. The third-order valence-corrected chi connectivity index (χ3v) is 4.93. The zero-order valence-corrected chi connectivity index (χ0v) is 13.6. The van der Waals surface area contributed by atoms with E-state index in [1.165, 1.54) is 0 Å². The molecule has 0 saturated heterocycles. The standard InChI is InChI=1S/C17H20N6O/c1-12-4-2-7-23-11-14(20-15(12)23)9-18-16(24)17(5-3-6-17)8-13-10-19-22-21-13/h2,4,7,10-11H,3,5-6,8-9H2,1H3,(H,18,24)(H,19,21,22). The van der Waals surface area contributed by atoms with Crippen molar-refractivity contribution >= 4 is 11.6 Å². The number of aromatic amines is 1. The summed E-state index contributed by atoms with van der Waals surface area (Å²) in [5, 5.41) is 13.6. The molecule has 4 rings (SSSR count). The van der Waals surface area contributed by atoms with Gasteiger partial charge in [-0.15, -0.1) is 0 Å². The van der Waals surface area contributed by atoms with Crippen molar-refractivity contribution in [3.63, 3.8) is 0 Å². The summed E-state index contributed by atoms with van der Waals surface area (Å²) in [4.78, 5) is 17.3. The highest BCUT2D eigenvalue weighted by Gasteiger charge is 2.44. The minimum atomic E-state index is -0.341. The van der Waals surface area contributed by atoms with Crippen molar-refractivity contribution < 1.29 is 4.79 Å². The van der Waals surface area contributed by atoms with Gasteiger partial charge in [0.15, 0.2) is 0 Å². The lowest BCUT2D eigenvalue weighted by atomic mass is 9.65. The van der Waals surface area contributed by atoms with Crippen LogP contribution in [0.3, 0.4) is 0 Å². The first kappa shape index (κ1) is 14.9. The maximum Gasteiger partial charge on any atom is 0.226 e. The number of imidazole rings is 1. The van der Waals surface area contributed by atoms with E-state index in [4.69, 9.17) is 0 Å². The molecule has 7 heteroatoms. The average Bonchev–Trinajstić information content (AvgIpc) is 3.18. The summed E-state index contributed by atoms with van der Waals surface area (Å²) in [6, 6.07) is 4.03. The minimum Gasteiger partial charge on any atom is -0.350 e. The molecule has 0 aliphatic heterocycles. The number of H-pyrrole nitrogens is 1. The van der Waals surface area contributed by atoms with Crippen LogP contribution in [0, 0.1) is 12.3 Å². The Morgan fingerprint density at radius 2 is 2.29 bits per heavy atom. The maximum atomic E-state index is 12.7. The molecule has 1 saturated carbocycles. The summed E-state index contributed by atoms with van der Waals surface area (Å²) in [6.07, 6.45) is 9.15. The van der Waals surface area contributed by atoms with Gasteiger partial charge in [0.25, 0.3) is 0 Å². The van der Waals surface area contributed by atoms with Crippen LogP contribution in [0.1, 0.15) is 36.2 Å². The van der Waals surface area contributed by atoms with Crippen LogP contribution in [0.4, 0.5) is 0 Å². The number of rotatable bonds is 5. The SMILES string of the molecule is Cc1cccn2cc(CNC(=O)C3(Cc4cn[nH]n4)CCC3)nc12. The van der Waals surface area contributed by atoms with Crippen LogP contribution in [0.5, 0.6) is 0 Å². The van der Waals surface area contributed by atoms with Gasteiger partial charge in [0, 0.05) is 18.8 Å². The van der Waals surface area contributed by atoms with Crippen LogP contribution < -0.4 is 5.32 Å². The van der Waals surface area contributed by atoms with Crippen molar-refractivity contribution in [2.45, 2.75) is 39.2 Å². The topological polar surface area (TPSA) is 88.0 Å². The van der Waals surface area contributed by atoms with Crippen LogP contribution in [0.15, 0.2) is 30.7 Å². The summed E-state index contributed by atoms with van der Waals surface area (Å²) in [5.41, 5.74) is 3.42. The molecule has 7 nitrogen and oxygen atoms in total. The molecular weight excluding hydrogens is 304 g/mol. The van der Waals surface area contributed by atoms with Crippen LogP contribution in [0.25, 0.3) is 5.65 Å².